The largest absolute Gasteiger partial charge is 0.385 e. The SMILES string of the molecule is CCCCCNc1cccc(NC(=O)C(C)C)c1. The van der Waals surface area contributed by atoms with Crippen LogP contribution in [0.15, 0.2) is 24.3 Å². The molecule has 0 radical (unpaired) electrons. The molecular weight excluding hydrogens is 224 g/mol. The van der Waals surface area contributed by atoms with E-state index in [4.69, 9.17) is 0 Å². The summed E-state index contributed by atoms with van der Waals surface area (Å²) in [4.78, 5) is 11.6. The molecule has 1 amide bonds. The molecule has 0 fully saturated rings. The molecule has 0 aliphatic heterocycles. The zero-order valence-corrected chi connectivity index (χ0v) is 11.6. The van der Waals surface area contributed by atoms with E-state index in [1.807, 2.05) is 38.1 Å². The van der Waals surface area contributed by atoms with Gasteiger partial charge >= 0.3 is 0 Å². The van der Waals surface area contributed by atoms with E-state index in [9.17, 15) is 4.79 Å². The second-order valence-electron chi connectivity index (χ2n) is 4.86. The number of nitrogens with one attached hydrogen (secondary N) is 2. The predicted molar refractivity (Wildman–Crippen MR) is 77.9 cm³/mol. The van der Waals surface area contributed by atoms with Crippen LogP contribution in [-0.4, -0.2) is 12.5 Å². The molecule has 1 rings (SSSR count). The van der Waals surface area contributed by atoms with Crippen molar-refractivity contribution in [3.05, 3.63) is 24.3 Å². The van der Waals surface area contributed by atoms with Gasteiger partial charge in [-0.15, -0.1) is 0 Å². The van der Waals surface area contributed by atoms with Gasteiger partial charge in [0.05, 0.1) is 0 Å². The van der Waals surface area contributed by atoms with Crippen molar-refractivity contribution in [3.63, 3.8) is 0 Å². The summed E-state index contributed by atoms with van der Waals surface area (Å²) in [6, 6.07) is 7.87. The average molecular weight is 248 g/mol. The molecule has 0 bridgehead atoms. The fourth-order valence-corrected chi connectivity index (χ4v) is 1.60. The molecule has 100 valence electrons. The maximum absolute atomic E-state index is 11.6. The zero-order chi connectivity index (χ0) is 13.4. The Bertz CT molecular complexity index is 375. The maximum atomic E-state index is 11.6. The topological polar surface area (TPSA) is 41.1 Å². The van der Waals surface area contributed by atoms with Crippen LogP contribution in [0.4, 0.5) is 11.4 Å². The van der Waals surface area contributed by atoms with Gasteiger partial charge in [-0.3, -0.25) is 4.79 Å². The molecule has 1 aromatic rings. The van der Waals surface area contributed by atoms with Crippen molar-refractivity contribution < 1.29 is 4.79 Å². The van der Waals surface area contributed by atoms with Crippen molar-refractivity contribution in [2.45, 2.75) is 40.0 Å². The van der Waals surface area contributed by atoms with E-state index in [1.165, 1.54) is 19.3 Å². The minimum Gasteiger partial charge on any atom is -0.385 e. The smallest absolute Gasteiger partial charge is 0.226 e. The van der Waals surface area contributed by atoms with Crippen LogP contribution in [0.25, 0.3) is 0 Å². The van der Waals surface area contributed by atoms with Gasteiger partial charge in [0.2, 0.25) is 5.91 Å². The minimum atomic E-state index is 0.00571. The van der Waals surface area contributed by atoms with Gasteiger partial charge in [-0.25, -0.2) is 0 Å². The Morgan fingerprint density at radius 2 is 1.94 bits per heavy atom. The van der Waals surface area contributed by atoms with Gasteiger partial charge in [0.15, 0.2) is 0 Å². The number of rotatable bonds is 7. The van der Waals surface area contributed by atoms with E-state index >= 15 is 0 Å². The summed E-state index contributed by atoms with van der Waals surface area (Å²) < 4.78 is 0. The number of unbranched alkanes of at least 4 members (excludes halogenated alkanes) is 2. The van der Waals surface area contributed by atoms with Gasteiger partial charge in [-0.1, -0.05) is 39.7 Å². The van der Waals surface area contributed by atoms with Gasteiger partial charge in [-0.05, 0) is 24.6 Å². The Morgan fingerprint density at radius 1 is 1.22 bits per heavy atom. The summed E-state index contributed by atoms with van der Waals surface area (Å²) in [5.41, 5.74) is 1.92. The Labute approximate surface area is 110 Å². The number of carbonyl (C=O) groups is 1. The number of anilines is 2. The van der Waals surface area contributed by atoms with Crippen LogP contribution in [-0.2, 0) is 4.79 Å². The zero-order valence-electron chi connectivity index (χ0n) is 11.6. The molecule has 0 unspecified atom stereocenters. The molecule has 0 spiro atoms. The van der Waals surface area contributed by atoms with Crippen molar-refractivity contribution in [3.8, 4) is 0 Å². The number of hydrogen-bond donors (Lipinski definition) is 2. The second-order valence-corrected chi connectivity index (χ2v) is 4.86. The summed E-state index contributed by atoms with van der Waals surface area (Å²) in [5.74, 6) is 0.0595. The molecule has 1 aromatic carbocycles. The molecule has 0 saturated carbocycles. The fraction of sp³-hybridized carbons (Fsp3) is 0.533. The van der Waals surface area contributed by atoms with Crippen molar-refractivity contribution in [1.29, 1.82) is 0 Å². The number of benzene rings is 1. The van der Waals surface area contributed by atoms with Crippen LogP contribution in [0.3, 0.4) is 0 Å². The van der Waals surface area contributed by atoms with Gasteiger partial charge in [0.25, 0.3) is 0 Å². The lowest BCUT2D eigenvalue weighted by molar-refractivity contribution is -0.118. The highest BCUT2D eigenvalue weighted by molar-refractivity contribution is 5.92. The molecule has 3 nitrogen and oxygen atoms in total. The standard InChI is InChI=1S/C15H24N2O/c1-4-5-6-10-16-13-8-7-9-14(11-13)17-15(18)12(2)3/h7-9,11-12,16H,4-6,10H2,1-3H3,(H,17,18). The quantitative estimate of drug-likeness (QED) is 0.719. The van der Waals surface area contributed by atoms with E-state index in [1.54, 1.807) is 0 Å². The Kier molecular flexibility index (Phi) is 6.26. The molecule has 0 atom stereocenters. The van der Waals surface area contributed by atoms with E-state index in [0.29, 0.717) is 0 Å². The number of amides is 1. The third-order valence-corrected chi connectivity index (χ3v) is 2.76. The third kappa shape index (κ3) is 5.21. The van der Waals surface area contributed by atoms with Gasteiger partial charge in [0, 0.05) is 23.8 Å². The summed E-state index contributed by atoms with van der Waals surface area (Å²) in [5, 5.41) is 6.28. The molecule has 0 aliphatic carbocycles. The van der Waals surface area contributed by atoms with Gasteiger partial charge in [0.1, 0.15) is 0 Å². The summed E-state index contributed by atoms with van der Waals surface area (Å²) in [6.45, 7) is 6.96. The van der Waals surface area contributed by atoms with Gasteiger partial charge in [-0.2, -0.15) is 0 Å². The Balaban J connectivity index is 2.49. The van der Waals surface area contributed by atoms with E-state index in [-0.39, 0.29) is 11.8 Å². The van der Waals surface area contributed by atoms with Crippen LogP contribution >= 0.6 is 0 Å². The molecule has 0 heterocycles. The summed E-state index contributed by atoms with van der Waals surface area (Å²) in [7, 11) is 0. The van der Waals surface area contributed by atoms with Gasteiger partial charge < -0.3 is 10.6 Å². The van der Waals surface area contributed by atoms with Crippen molar-refractivity contribution >= 4 is 17.3 Å². The normalized spacial score (nSPS) is 10.4. The average Bonchev–Trinajstić information content (AvgIpc) is 2.35. The van der Waals surface area contributed by atoms with E-state index in [2.05, 4.69) is 17.6 Å². The highest BCUT2D eigenvalue weighted by Gasteiger charge is 2.06. The number of hydrogen-bond acceptors (Lipinski definition) is 2. The first-order valence-corrected chi connectivity index (χ1v) is 6.78. The second kappa shape index (κ2) is 7.75. The lowest BCUT2D eigenvalue weighted by Crippen LogP contribution is -2.17. The minimum absolute atomic E-state index is 0.00571. The first kappa shape index (κ1) is 14.6. The first-order chi connectivity index (χ1) is 8.63. The van der Waals surface area contributed by atoms with E-state index < -0.39 is 0 Å². The summed E-state index contributed by atoms with van der Waals surface area (Å²) >= 11 is 0. The van der Waals surface area contributed by atoms with Crippen LogP contribution in [0.1, 0.15) is 40.0 Å². The first-order valence-electron chi connectivity index (χ1n) is 6.78. The lowest BCUT2D eigenvalue weighted by Gasteiger charge is -2.10. The highest BCUT2D eigenvalue weighted by atomic mass is 16.1. The monoisotopic (exact) mass is 248 g/mol. The van der Waals surface area contributed by atoms with Crippen LogP contribution in [0.2, 0.25) is 0 Å². The molecule has 2 N–H and O–H groups in total. The lowest BCUT2D eigenvalue weighted by atomic mass is 10.2. The third-order valence-electron chi connectivity index (χ3n) is 2.76. The van der Waals surface area contributed by atoms with Crippen LogP contribution in [0.5, 0.6) is 0 Å². The molecule has 0 saturated heterocycles. The van der Waals surface area contributed by atoms with Crippen molar-refractivity contribution in [2.24, 2.45) is 5.92 Å². The fourth-order valence-electron chi connectivity index (χ4n) is 1.60. The van der Waals surface area contributed by atoms with Crippen LogP contribution in [0, 0.1) is 5.92 Å². The maximum Gasteiger partial charge on any atom is 0.226 e. The highest BCUT2D eigenvalue weighted by Crippen LogP contribution is 2.16. The predicted octanol–water partition coefficient (Wildman–Crippen LogP) is 3.88. The van der Waals surface area contributed by atoms with E-state index in [0.717, 1.165) is 17.9 Å². The van der Waals surface area contributed by atoms with Crippen molar-refractivity contribution in [2.75, 3.05) is 17.2 Å². The Morgan fingerprint density at radius 3 is 2.61 bits per heavy atom. The summed E-state index contributed by atoms with van der Waals surface area (Å²) in [6.07, 6.45) is 3.65. The van der Waals surface area contributed by atoms with Crippen molar-refractivity contribution in [1.82, 2.24) is 0 Å². The molecule has 18 heavy (non-hydrogen) atoms. The molecule has 3 heteroatoms. The molecule has 0 aliphatic rings. The molecular formula is C15H24N2O. The van der Waals surface area contributed by atoms with Crippen LogP contribution < -0.4 is 10.6 Å². The Hall–Kier alpha value is -1.51. The number of carbonyl (C=O) groups excluding carboxylic acids is 1. The molecule has 0 aromatic heterocycles.